The lowest BCUT2D eigenvalue weighted by molar-refractivity contribution is 0.0946. The largest absolute Gasteiger partial charge is 0.361 e. The average Bonchev–Trinajstić information content (AvgIpc) is 3.01. The molecule has 4 heteroatoms. The highest BCUT2D eigenvalue weighted by atomic mass is 16.1. The summed E-state index contributed by atoms with van der Waals surface area (Å²) in [6, 6.07) is 14.6. The van der Waals surface area contributed by atoms with Crippen molar-refractivity contribution in [1.82, 2.24) is 15.6 Å². The second-order valence-corrected chi connectivity index (χ2v) is 6.29. The van der Waals surface area contributed by atoms with Gasteiger partial charge in [-0.15, -0.1) is 0 Å². The van der Waals surface area contributed by atoms with Crippen LogP contribution in [-0.4, -0.2) is 24.0 Å². The van der Waals surface area contributed by atoms with Gasteiger partial charge in [-0.1, -0.05) is 30.3 Å². The highest BCUT2D eigenvalue weighted by Crippen LogP contribution is 2.25. The van der Waals surface area contributed by atoms with Gasteiger partial charge in [-0.3, -0.25) is 4.79 Å². The van der Waals surface area contributed by atoms with Gasteiger partial charge >= 0.3 is 0 Å². The highest BCUT2D eigenvalue weighted by Gasteiger charge is 2.18. The van der Waals surface area contributed by atoms with Gasteiger partial charge in [0, 0.05) is 35.8 Å². The molecule has 0 saturated heterocycles. The number of rotatable bonds is 5. The molecular weight excluding hydrogens is 298 g/mol. The van der Waals surface area contributed by atoms with Crippen LogP contribution in [0.2, 0.25) is 0 Å². The maximum Gasteiger partial charge on any atom is 0.251 e. The molecule has 2 aromatic carbocycles. The van der Waals surface area contributed by atoms with Crippen molar-refractivity contribution in [3.05, 3.63) is 70.9 Å². The summed E-state index contributed by atoms with van der Waals surface area (Å²) in [6.45, 7) is 2.51. The molecule has 0 atom stereocenters. The molecule has 4 rings (SSSR count). The zero-order chi connectivity index (χ0) is 16.4. The molecule has 24 heavy (non-hydrogen) atoms. The smallest absolute Gasteiger partial charge is 0.251 e. The predicted octanol–water partition coefficient (Wildman–Crippen LogP) is 2.79. The number of benzene rings is 2. The van der Waals surface area contributed by atoms with E-state index in [1.807, 2.05) is 12.1 Å². The Kier molecular flexibility index (Phi) is 4.05. The second kappa shape index (κ2) is 6.49. The summed E-state index contributed by atoms with van der Waals surface area (Å²) in [5.74, 6) is 0.0486. The van der Waals surface area contributed by atoms with Crippen molar-refractivity contribution in [2.45, 2.75) is 19.4 Å². The molecule has 2 heterocycles. The maximum absolute atomic E-state index is 12.0. The van der Waals surface area contributed by atoms with Gasteiger partial charge in [-0.2, -0.15) is 0 Å². The molecule has 0 aliphatic carbocycles. The Bertz CT molecular complexity index is 867. The van der Waals surface area contributed by atoms with Crippen molar-refractivity contribution in [2.24, 2.45) is 0 Å². The van der Waals surface area contributed by atoms with Crippen LogP contribution in [0, 0.1) is 0 Å². The molecule has 0 radical (unpaired) electrons. The van der Waals surface area contributed by atoms with Gasteiger partial charge in [0.1, 0.15) is 0 Å². The van der Waals surface area contributed by atoms with Crippen LogP contribution < -0.4 is 10.6 Å². The van der Waals surface area contributed by atoms with Crippen molar-refractivity contribution in [1.29, 1.82) is 0 Å². The van der Waals surface area contributed by atoms with E-state index in [0.29, 0.717) is 0 Å². The molecule has 0 saturated carbocycles. The first-order valence-electron chi connectivity index (χ1n) is 8.47. The van der Waals surface area contributed by atoms with Crippen molar-refractivity contribution >= 4 is 16.8 Å². The standard InChI is InChI=1S/C20H21N3O/c24-20-18-11-17-16(6-8-21-12-14-4-2-1-3-5-14)13-23-19(17)10-15(18)7-9-22-20/h1-5,10-11,13,21,23H,6-9,12H2,(H,22,24). The van der Waals surface area contributed by atoms with E-state index in [-0.39, 0.29) is 5.91 Å². The van der Waals surface area contributed by atoms with Gasteiger partial charge in [0.2, 0.25) is 0 Å². The molecule has 1 aliphatic rings. The van der Waals surface area contributed by atoms with Gasteiger partial charge in [-0.25, -0.2) is 0 Å². The van der Waals surface area contributed by atoms with Gasteiger partial charge in [0.05, 0.1) is 0 Å². The van der Waals surface area contributed by atoms with Gasteiger partial charge in [0.25, 0.3) is 5.91 Å². The van der Waals surface area contributed by atoms with Crippen LogP contribution in [0.5, 0.6) is 0 Å². The van der Waals surface area contributed by atoms with E-state index in [4.69, 9.17) is 0 Å². The minimum Gasteiger partial charge on any atom is -0.361 e. The summed E-state index contributed by atoms with van der Waals surface area (Å²) < 4.78 is 0. The van der Waals surface area contributed by atoms with Crippen molar-refractivity contribution in [2.75, 3.05) is 13.1 Å². The van der Waals surface area contributed by atoms with E-state index in [9.17, 15) is 4.79 Å². The van der Waals surface area contributed by atoms with E-state index in [0.717, 1.165) is 54.5 Å². The Labute approximate surface area is 141 Å². The monoisotopic (exact) mass is 319 g/mol. The van der Waals surface area contributed by atoms with Crippen LogP contribution in [0.25, 0.3) is 10.9 Å². The lowest BCUT2D eigenvalue weighted by atomic mass is 9.97. The molecule has 0 spiro atoms. The Morgan fingerprint density at radius 3 is 2.88 bits per heavy atom. The molecule has 4 nitrogen and oxygen atoms in total. The Hall–Kier alpha value is -2.59. The third-order valence-electron chi connectivity index (χ3n) is 4.66. The minimum atomic E-state index is 0.0486. The van der Waals surface area contributed by atoms with Crippen LogP contribution in [-0.2, 0) is 19.4 Å². The number of amides is 1. The number of fused-ring (bicyclic) bond motifs is 2. The number of aromatic nitrogens is 1. The Morgan fingerprint density at radius 1 is 1.12 bits per heavy atom. The van der Waals surface area contributed by atoms with E-state index >= 15 is 0 Å². The van der Waals surface area contributed by atoms with Gasteiger partial charge in [-0.05, 0) is 48.2 Å². The lowest BCUT2D eigenvalue weighted by Gasteiger charge is -2.16. The Morgan fingerprint density at radius 2 is 2.00 bits per heavy atom. The third-order valence-corrected chi connectivity index (χ3v) is 4.66. The number of hydrogen-bond donors (Lipinski definition) is 3. The molecule has 0 unspecified atom stereocenters. The fraction of sp³-hybridized carbons (Fsp3) is 0.250. The molecule has 0 bridgehead atoms. The molecular formula is C20H21N3O. The van der Waals surface area contributed by atoms with Gasteiger partial charge in [0.15, 0.2) is 0 Å². The van der Waals surface area contributed by atoms with Crippen LogP contribution in [0.15, 0.2) is 48.7 Å². The summed E-state index contributed by atoms with van der Waals surface area (Å²) in [7, 11) is 0. The molecule has 1 aromatic heterocycles. The van der Waals surface area contributed by atoms with Crippen molar-refractivity contribution < 1.29 is 4.79 Å². The van der Waals surface area contributed by atoms with Crippen molar-refractivity contribution in [3.8, 4) is 0 Å². The third kappa shape index (κ3) is 2.93. The maximum atomic E-state index is 12.0. The Balaban J connectivity index is 1.46. The number of H-pyrrole nitrogens is 1. The van der Waals surface area contributed by atoms with Crippen LogP contribution in [0.4, 0.5) is 0 Å². The van der Waals surface area contributed by atoms with Crippen molar-refractivity contribution in [3.63, 3.8) is 0 Å². The predicted molar refractivity (Wildman–Crippen MR) is 96.2 cm³/mol. The fourth-order valence-corrected chi connectivity index (χ4v) is 3.35. The molecule has 3 N–H and O–H groups in total. The second-order valence-electron chi connectivity index (χ2n) is 6.29. The zero-order valence-electron chi connectivity index (χ0n) is 13.6. The summed E-state index contributed by atoms with van der Waals surface area (Å²) in [4.78, 5) is 15.4. The lowest BCUT2D eigenvalue weighted by Crippen LogP contribution is -2.31. The number of hydrogen-bond acceptors (Lipinski definition) is 2. The summed E-state index contributed by atoms with van der Waals surface area (Å²) in [6.07, 6.45) is 3.91. The highest BCUT2D eigenvalue weighted by molar-refractivity contribution is 6.01. The zero-order valence-corrected chi connectivity index (χ0v) is 13.6. The van der Waals surface area contributed by atoms with Crippen LogP contribution in [0.1, 0.15) is 27.0 Å². The first-order valence-corrected chi connectivity index (χ1v) is 8.47. The van der Waals surface area contributed by atoms with Crippen LogP contribution >= 0.6 is 0 Å². The summed E-state index contributed by atoms with van der Waals surface area (Å²) >= 11 is 0. The van der Waals surface area contributed by atoms with Gasteiger partial charge < -0.3 is 15.6 Å². The number of carbonyl (C=O) groups excluding carboxylic acids is 1. The molecule has 1 amide bonds. The van der Waals surface area contributed by atoms with E-state index in [1.54, 1.807) is 0 Å². The summed E-state index contributed by atoms with van der Waals surface area (Å²) in [5.41, 5.74) is 5.64. The molecule has 122 valence electrons. The van der Waals surface area contributed by atoms with Crippen LogP contribution in [0.3, 0.4) is 0 Å². The fourth-order valence-electron chi connectivity index (χ4n) is 3.35. The van der Waals surface area contributed by atoms with E-state index < -0.39 is 0 Å². The SMILES string of the molecule is O=C1NCCc2cc3[nH]cc(CCNCc4ccccc4)c3cc21. The minimum absolute atomic E-state index is 0.0486. The molecule has 0 fully saturated rings. The number of carbonyl (C=O) groups is 1. The molecule has 1 aliphatic heterocycles. The first kappa shape index (κ1) is 15.0. The molecule has 3 aromatic rings. The quantitative estimate of drug-likeness (QED) is 0.633. The topological polar surface area (TPSA) is 56.9 Å². The normalized spacial score (nSPS) is 13.8. The average molecular weight is 319 g/mol. The van der Waals surface area contributed by atoms with E-state index in [2.05, 4.69) is 52.1 Å². The summed E-state index contributed by atoms with van der Waals surface area (Å²) in [5, 5.41) is 7.57. The number of aromatic amines is 1. The first-order chi connectivity index (χ1) is 11.8. The van der Waals surface area contributed by atoms with E-state index in [1.165, 1.54) is 11.1 Å². The number of nitrogens with one attached hydrogen (secondary N) is 3.